The highest BCUT2D eigenvalue weighted by atomic mass is 32.2. The monoisotopic (exact) mass is 328 g/mol. The molecule has 0 saturated carbocycles. The number of sulfone groups is 1. The zero-order valence-electron chi connectivity index (χ0n) is 11.2. The smallest absolute Gasteiger partial charge is 0.151 e. The van der Waals surface area contributed by atoms with E-state index < -0.39 is 9.84 Å². The normalized spacial score (nSPS) is 21.6. The molecule has 0 amide bonds. The van der Waals surface area contributed by atoms with Gasteiger partial charge >= 0.3 is 0 Å². The molecule has 1 aliphatic heterocycles. The molecule has 4 nitrogen and oxygen atoms in total. The molecular weight excluding hydrogens is 312 g/mol. The minimum atomic E-state index is -2.82. The summed E-state index contributed by atoms with van der Waals surface area (Å²) in [6.07, 6.45) is 0.737. The van der Waals surface area contributed by atoms with E-state index in [0.29, 0.717) is 12.3 Å². The number of thiazole rings is 1. The van der Waals surface area contributed by atoms with Gasteiger partial charge in [0.05, 0.1) is 22.1 Å². The molecule has 7 heteroatoms. The first-order valence-electron chi connectivity index (χ1n) is 6.42. The summed E-state index contributed by atoms with van der Waals surface area (Å²) in [6, 6.07) is 4.23. The number of thiophene rings is 1. The Kier molecular flexibility index (Phi) is 3.94. The average molecular weight is 328 g/mol. The molecule has 2 aromatic heterocycles. The fourth-order valence-corrected chi connectivity index (χ4v) is 5.83. The van der Waals surface area contributed by atoms with Gasteiger partial charge in [0.25, 0.3) is 0 Å². The molecule has 3 heterocycles. The van der Waals surface area contributed by atoms with Crippen LogP contribution in [0.2, 0.25) is 0 Å². The Hall–Kier alpha value is -0.760. The molecule has 1 atom stereocenters. The van der Waals surface area contributed by atoms with Gasteiger partial charge in [0, 0.05) is 18.0 Å². The lowest BCUT2D eigenvalue weighted by atomic mass is 10.2. The van der Waals surface area contributed by atoms with Crippen molar-refractivity contribution in [3.8, 4) is 9.88 Å². The van der Waals surface area contributed by atoms with Crippen molar-refractivity contribution in [2.45, 2.75) is 19.0 Å². The van der Waals surface area contributed by atoms with Crippen molar-refractivity contribution in [3.63, 3.8) is 0 Å². The largest absolute Gasteiger partial charge is 0.297 e. The quantitative estimate of drug-likeness (QED) is 0.865. The predicted molar refractivity (Wildman–Crippen MR) is 84.0 cm³/mol. The highest BCUT2D eigenvalue weighted by Crippen LogP contribution is 2.28. The molecule has 0 N–H and O–H groups in total. The van der Waals surface area contributed by atoms with E-state index in [-0.39, 0.29) is 11.8 Å². The Morgan fingerprint density at radius 1 is 1.45 bits per heavy atom. The third-order valence-corrected chi connectivity index (χ3v) is 7.21. The fraction of sp³-hybridized carbons (Fsp3) is 0.462. The lowest BCUT2D eigenvalue weighted by molar-refractivity contribution is 0.251. The summed E-state index contributed by atoms with van der Waals surface area (Å²) in [7, 11) is -0.839. The van der Waals surface area contributed by atoms with Crippen LogP contribution < -0.4 is 0 Å². The summed E-state index contributed by atoms with van der Waals surface area (Å²) < 4.78 is 23.0. The van der Waals surface area contributed by atoms with Crippen molar-refractivity contribution in [2.75, 3.05) is 18.6 Å². The minimum absolute atomic E-state index is 0.131. The van der Waals surface area contributed by atoms with Gasteiger partial charge in [-0.1, -0.05) is 6.07 Å². The van der Waals surface area contributed by atoms with E-state index in [0.717, 1.165) is 17.1 Å². The maximum Gasteiger partial charge on any atom is 0.151 e. The topological polar surface area (TPSA) is 50.3 Å². The van der Waals surface area contributed by atoms with E-state index in [1.54, 1.807) is 22.7 Å². The van der Waals surface area contributed by atoms with E-state index in [1.165, 1.54) is 4.88 Å². The van der Waals surface area contributed by atoms with Gasteiger partial charge in [0.1, 0.15) is 5.01 Å². The molecule has 0 bridgehead atoms. The van der Waals surface area contributed by atoms with Crippen molar-refractivity contribution in [3.05, 3.63) is 28.6 Å². The fourth-order valence-electron chi connectivity index (χ4n) is 2.40. The number of aromatic nitrogens is 1. The van der Waals surface area contributed by atoms with Crippen LogP contribution in [0.25, 0.3) is 9.88 Å². The van der Waals surface area contributed by atoms with Crippen molar-refractivity contribution in [1.29, 1.82) is 0 Å². The average Bonchev–Trinajstić information content (AvgIpc) is 3.07. The number of rotatable bonds is 4. The lowest BCUT2D eigenvalue weighted by Crippen LogP contribution is -2.32. The van der Waals surface area contributed by atoms with Gasteiger partial charge in [-0.05, 0) is 24.9 Å². The number of nitrogens with zero attached hydrogens (tertiary/aromatic N) is 2. The van der Waals surface area contributed by atoms with Crippen LogP contribution in [0.3, 0.4) is 0 Å². The number of hydrogen-bond acceptors (Lipinski definition) is 6. The summed E-state index contributed by atoms with van der Waals surface area (Å²) in [5.74, 6) is 0.602. The third-order valence-electron chi connectivity index (χ3n) is 3.53. The van der Waals surface area contributed by atoms with Crippen LogP contribution in [0.5, 0.6) is 0 Å². The van der Waals surface area contributed by atoms with Crippen molar-refractivity contribution in [2.24, 2.45) is 0 Å². The van der Waals surface area contributed by atoms with Gasteiger partial charge in [-0.3, -0.25) is 4.90 Å². The molecule has 20 heavy (non-hydrogen) atoms. The molecular formula is C13H16N2O2S3. The van der Waals surface area contributed by atoms with Gasteiger partial charge in [-0.15, -0.1) is 22.7 Å². The predicted octanol–water partition coefficient (Wildman–Crippen LogP) is 2.49. The minimum Gasteiger partial charge on any atom is -0.297 e. The molecule has 1 unspecified atom stereocenters. The van der Waals surface area contributed by atoms with Gasteiger partial charge in [0.15, 0.2) is 9.84 Å². The summed E-state index contributed by atoms with van der Waals surface area (Å²) >= 11 is 3.33. The highest BCUT2D eigenvalue weighted by molar-refractivity contribution is 7.91. The van der Waals surface area contributed by atoms with E-state index in [1.807, 2.05) is 18.5 Å². The van der Waals surface area contributed by atoms with Crippen LogP contribution in [0.4, 0.5) is 0 Å². The zero-order valence-corrected chi connectivity index (χ0v) is 13.6. The van der Waals surface area contributed by atoms with Crippen LogP contribution in [0, 0.1) is 0 Å². The Labute approximate surface area is 127 Å². The van der Waals surface area contributed by atoms with Crippen LogP contribution in [0.15, 0.2) is 22.9 Å². The SMILES string of the molecule is CN(Cc1csc(-c2cccs2)n1)C1CCS(=O)(=O)C1. The Bertz CT molecular complexity index is 676. The second kappa shape index (κ2) is 5.55. The second-order valence-electron chi connectivity index (χ2n) is 5.09. The van der Waals surface area contributed by atoms with E-state index in [9.17, 15) is 8.42 Å². The summed E-state index contributed by atoms with van der Waals surface area (Å²) in [4.78, 5) is 7.93. The summed E-state index contributed by atoms with van der Waals surface area (Å²) in [5.41, 5.74) is 1.02. The molecule has 0 aromatic carbocycles. The molecule has 0 radical (unpaired) electrons. The lowest BCUT2D eigenvalue weighted by Gasteiger charge is -2.21. The van der Waals surface area contributed by atoms with Crippen molar-refractivity contribution >= 4 is 32.5 Å². The first-order valence-corrected chi connectivity index (χ1v) is 10.0. The van der Waals surface area contributed by atoms with Crippen LogP contribution in [-0.4, -0.2) is 42.9 Å². The zero-order chi connectivity index (χ0) is 14.2. The van der Waals surface area contributed by atoms with Crippen molar-refractivity contribution < 1.29 is 8.42 Å². The van der Waals surface area contributed by atoms with E-state index in [4.69, 9.17) is 0 Å². The van der Waals surface area contributed by atoms with Crippen LogP contribution in [-0.2, 0) is 16.4 Å². The molecule has 3 rings (SSSR count). The summed E-state index contributed by atoms with van der Waals surface area (Å²) in [5, 5.41) is 5.16. The Morgan fingerprint density at radius 2 is 2.30 bits per heavy atom. The van der Waals surface area contributed by atoms with E-state index in [2.05, 4.69) is 21.3 Å². The highest BCUT2D eigenvalue weighted by Gasteiger charge is 2.30. The Balaban J connectivity index is 1.66. The maximum absolute atomic E-state index is 11.5. The molecule has 2 aromatic rings. The molecule has 1 saturated heterocycles. The molecule has 1 aliphatic rings. The molecule has 108 valence electrons. The van der Waals surface area contributed by atoms with Gasteiger partial charge < -0.3 is 0 Å². The Morgan fingerprint density at radius 3 is 2.95 bits per heavy atom. The molecule has 0 aliphatic carbocycles. The standard InChI is InChI=1S/C13H16N2O2S3/c1-15(11-4-6-20(16,17)9-11)7-10-8-19-13(14-10)12-3-2-5-18-12/h2-3,5,8,11H,4,6-7,9H2,1H3. The maximum atomic E-state index is 11.5. The van der Waals surface area contributed by atoms with Gasteiger partial charge in [-0.2, -0.15) is 0 Å². The third kappa shape index (κ3) is 3.11. The van der Waals surface area contributed by atoms with Crippen molar-refractivity contribution in [1.82, 2.24) is 9.88 Å². The number of hydrogen-bond donors (Lipinski definition) is 0. The van der Waals surface area contributed by atoms with Crippen LogP contribution in [0.1, 0.15) is 12.1 Å². The first-order chi connectivity index (χ1) is 9.53. The van der Waals surface area contributed by atoms with E-state index >= 15 is 0 Å². The molecule has 1 fully saturated rings. The van der Waals surface area contributed by atoms with Crippen LogP contribution >= 0.6 is 22.7 Å². The first kappa shape index (κ1) is 14.2. The second-order valence-corrected chi connectivity index (χ2v) is 9.13. The van der Waals surface area contributed by atoms with Gasteiger partial charge in [-0.25, -0.2) is 13.4 Å². The summed E-state index contributed by atoms with van der Waals surface area (Å²) in [6.45, 7) is 0.710. The molecule has 0 spiro atoms. The van der Waals surface area contributed by atoms with Gasteiger partial charge in [0.2, 0.25) is 0 Å².